The maximum absolute atomic E-state index is 5.83. The van der Waals surface area contributed by atoms with E-state index in [1.54, 1.807) is 6.20 Å². The second-order valence-electron chi connectivity index (χ2n) is 5.94. The van der Waals surface area contributed by atoms with Crippen LogP contribution in [0, 0.1) is 5.92 Å². The number of anilines is 1. The molecule has 0 aliphatic carbocycles. The van der Waals surface area contributed by atoms with Crippen molar-refractivity contribution in [3.8, 4) is 0 Å². The molecule has 20 heavy (non-hydrogen) atoms. The van der Waals surface area contributed by atoms with E-state index in [4.69, 9.17) is 11.6 Å². The molecule has 0 saturated carbocycles. The van der Waals surface area contributed by atoms with E-state index in [2.05, 4.69) is 19.8 Å². The van der Waals surface area contributed by atoms with Gasteiger partial charge in [-0.15, -0.1) is 11.6 Å². The van der Waals surface area contributed by atoms with E-state index in [1.807, 2.05) is 6.20 Å². The van der Waals surface area contributed by atoms with Crippen LogP contribution in [0.4, 0.5) is 5.82 Å². The molecule has 2 saturated heterocycles. The summed E-state index contributed by atoms with van der Waals surface area (Å²) in [6, 6.07) is 0. The Labute approximate surface area is 126 Å². The molecule has 4 nitrogen and oxygen atoms in total. The Balaban J connectivity index is 1.52. The van der Waals surface area contributed by atoms with E-state index in [0.717, 1.165) is 30.5 Å². The highest BCUT2D eigenvalue weighted by Gasteiger charge is 2.23. The predicted molar refractivity (Wildman–Crippen MR) is 82.2 cm³/mol. The Hall–Kier alpha value is -0.870. The Morgan fingerprint density at radius 2 is 1.85 bits per heavy atom. The van der Waals surface area contributed by atoms with Crippen LogP contribution in [0.1, 0.15) is 31.4 Å². The van der Waals surface area contributed by atoms with Crippen molar-refractivity contribution in [3.05, 3.63) is 18.1 Å². The van der Waals surface area contributed by atoms with Crippen LogP contribution >= 0.6 is 11.6 Å². The molecule has 2 aliphatic rings. The average molecular weight is 295 g/mol. The zero-order valence-electron chi connectivity index (χ0n) is 12.0. The van der Waals surface area contributed by atoms with Crippen LogP contribution in [-0.4, -0.2) is 47.6 Å². The van der Waals surface area contributed by atoms with Gasteiger partial charge >= 0.3 is 0 Å². The molecule has 3 rings (SSSR count). The summed E-state index contributed by atoms with van der Waals surface area (Å²) in [7, 11) is 0. The lowest BCUT2D eigenvalue weighted by molar-refractivity contribution is 0.249. The van der Waals surface area contributed by atoms with Gasteiger partial charge in [0.2, 0.25) is 0 Å². The number of alkyl halides is 1. The highest BCUT2D eigenvalue weighted by molar-refractivity contribution is 6.16. The summed E-state index contributed by atoms with van der Waals surface area (Å²) in [6.07, 6.45) is 8.92. The largest absolute Gasteiger partial charge is 0.355 e. The average Bonchev–Trinajstić information content (AvgIpc) is 3.01. The lowest BCUT2D eigenvalue weighted by Crippen LogP contribution is -2.38. The van der Waals surface area contributed by atoms with Crippen LogP contribution in [0.3, 0.4) is 0 Å². The number of halogens is 1. The number of hydrogen-bond acceptors (Lipinski definition) is 4. The first-order valence-corrected chi connectivity index (χ1v) is 8.23. The van der Waals surface area contributed by atoms with Gasteiger partial charge in [-0.3, -0.25) is 4.98 Å². The molecule has 0 aromatic carbocycles. The van der Waals surface area contributed by atoms with Gasteiger partial charge in [0.25, 0.3) is 0 Å². The van der Waals surface area contributed by atoms with Crippen molar-refractivity contribution in [2.24, 2.45) is 5.92 Å². The molecule has 2 fully saturated rings. The second-order valence-corrected chi connectivity index (χ2v) is 6.21. The summed E-state index contributed by atoms with van der Waals surface area (Å²) in [5, 5.41) is 0. The Morgan fingerprint density at radius 1 is 1.10 bits per heavy atom. The van der Waals surface area contributed by atoms with Gasteiger partial charge in [-0.25, -0.2) is 4.98 Å². The molecular weight excluding hydrogens is 272 g/mol. The van der Waals surface area contributed by atoms with Crippen molar-refractivity contribution in [2.45, 2.75) is 31.6 Å². The van der Waals surface area contributed by atoms with Crippen molar-refractivity contribution in [1.29, 1.82) is 0 Å². The highest BCUT2D eigenvalue weighted by atomic mass is 35.5. The first-order valence-electron chi connectivity index (χ1n) is 7.69. The van der Waals surface area contributed by atoms with Crippen LogP contribution < -0.4 is 4.90 Å². The van der Waals surface area contributed by atoms with Crippen LogP contribution in [0.2, 0.25) is 0 Å². The van der Waals surface area contributed by atoms with Gasteiger partial charge < -0.3 is 9.80 Å². The van der Waals surface area contributed by atoms with E-state index in [1.165, 1.54) is 45.3 Å². The van der Waals surface area contributed by atoms with Gasteiger partial charge in [-0.2, -0.15) is 0 Å². The minimum Gasteiger partial charge on any atom is -0.355 e. The summed E-state index contributed by atoms with van der Waals surface area (Å²) in [5.74, 6) is 2.28. The summed E-state index contributed by atoms with van der Waals surface area (Å²) < 4.78 is 0. The standard InChI is InChI=1S/C15H23ClN4/c16-9-14-10-17-11-15(18-14)20-7-3-13(4-8-20)12-19-5-1-2-6-19/h10-11,13H,1-9,12H2. The zero-order valence-corrected chi connectivity index (χ0v) is 12.7. The maximum atomic E-state index is 5.83. The lowest BCUT2D eigenvalue weighted by Gasteiger charge is -2.34. The molecule has 110 valence electrons. The molecule has 2 aliphatic heterocycles. The maximum Gasteiger partial charge on any atom is 0.147 e. The third kappa shape index (κ3) is 3.41. The van der Waals surface area contributed by atoms with Gasteiger partial charge in [0, 0.05) is 25.8 Å². The lowest BCUT2D eigenvalue weighted by atomic mass is 9.96. The number of likely N-dealkylation sites (tertiary alicyclic amines) is 1. The van der Waals surface area contributed by atoms with Crippen molar-refractivity contribution in [3.63, 3.8) is 0 Å². The molecule has 5 heteroatoms. The molecule has 3 heterocycles. The van der Waals surface area contributed by atoms with Crippen LogP contribution in [-0.2, 0) is 5.88 Å². The molecule has 0 bridgehead atoms. The van der Waals surface area contributed by atoms with Gasteiger partial charge in [0.1, 0.15) is 5.82 Å². The van der Waals surface area contributed by atoms with E-state index in [-0.39, 0.29) is 0 Å². The van der Waals surface area contributed by atoms with Crippen LogP contribution in [0.25, 0.3) is 0 Å². The van der Waals surface area contributed by atoms with E-state index in [9.17, 15) is 0 Å². The minimum atomic E-state index is 0.437. The summed E-state index contributed by atoms with van der Waals surface area (Å²) in [4.78, 5) is 13.8. The summed E-state index contributed by atoms with van der Waals surface area (Å²) in [6.45, 7) is 6.10. The molecule has 0 spiro atoms. The van der Waals surface area contributed by atoms with Gasteiger partial charge in [-0.1, -0.05) is 0 Å². The van der Waals surface area contributed by atoms with Crippen molar-refractivity contribution < 1.29 is 0 Å². The molecule has 1 aromatic rings. The molecule has 0 N–H and O–H groups in total. The van der Waals surface area contributed by atoms with Gasteiger partial charge in [0.15, 0.2) is 0 Å². The monoisotopic (exact) mass is 294 g/mol. The molecule has 0 unspecified atom stereocenters. The first-order chi connectivity index (χ1) is 9.85. The van der Waals surface area contributed by atoms with E-state index < -0.39 is 0 Å². The van der Waals surface area contributed by atoms with Crippen molar-refractivity contribution in [1.82, 2.24) is 14.9 Å². The Kier molecular flexibility index (Phi) is 4.73. The van der Waals surface area contributed by atoms with Crippen LogP contribution in [0.15, 0.2) is 12.4 Å². The SMILES string of the molecule is ClCc1cncc(N2CCC(CN3CCCC3)CC2)n1. The normalized spacial score (nSPS) is 21.6. The Morgan fingerprint density at radius 3 is 2.55 bits per heavy atom. The zero-order chi connectivity index (χ0) is 13.8. The molecule has 0 radical (unpaired) electrons. The Bertz CT molecular complexity index is 426. The fourth-order valence-corrected chi connectivity index (χ4v) is 3.42. The van der Waals surface area contributed by atoms with Gasteiger partial charge in [0.05, 0.1) is 17.8 Å². The third-order valence-electron chi connectivity index (χ3n) is 4.46. The summed E-state index contributed by atoms with van der Waals surface area (Å²) in [5.41, 5.74) is 0.864. The number of hydrogen-bond donors (Lipinski definition) is 0. The van der Waals surface area contributed by atoms with Crippen molar-refractivity contribution >= 4 is 17.4 Å². The smallest absolute Gasteiger partial charge is 0.147 e. The quantitative estimate of drug-likeness (QED) is 0.799. The number of nitrogens with zero attached hydrogens (tertiary/aromatic N) is 4. The molecule has 1 aromatic heterocycles. The highest BCUT2D eigenvalue weighted by Crippen LogP contribution is 2.23. The molecule has 0 amide bonds. The van der Waals surface area contributed by atoms with Crippen molar-refractivity contribution in [2.75, 3.05) is 37.6 Å². The number of piperidine rings is 1. The van der Waals surface area contributed by atoms with Gasteiger partial charge in [-0.05, 0) is 44.7 Å². The van der Waals surface area contributed by atoms with Crippen LogP contribution in [0.5, 0.6) is 0 Å². The predicted octanol–water partition coefficient (Wildman–Crippen LogP) is 2.53. The second kappa shape index (κ2) is 6.72. The topological polar surface area (TPSA) is 32.3 Å². The summed E-state index contributed by atoms with van der Waals surface area (Å²) >= 11 is 5.83. The number of aromatic nitrogens is 2. The number of rotatable bonds is 4. The molecule has 0 atom stereocenters. The van der Waals surface area contributed by atoms with E-state index in [0.29, 0.717) is 5.88 Å². The van der Waals surface area contributed by atoms with E-state index >= 15 is 0 Å². The molecular formula is C15H23ClN4. The third-order valence-corrected chi connectivity index (χ3v) is 4.74. The fourth-order valence-electron chi connectivity index (χ4n) is 3.29. The fraction of sp³-hybridized carbons (Fsp3) is 0.733. The first kappa shape index (κ1) is 14.1. The minimum absolute atomic E-state index is 0.437.